The summed E-state index contributed by atoms with van der Waals surface area (Å²) in [5.41, 5.74) is 0.254. The molecule has 2 N–H and O–H groups in total. The van der Waals surface area contributed by atoms with Gasteiger partial charge in [-0.15, -0.1) is 0 Å². The standard InChI is InChI=1S/C18H26N4O3/c1-12-10-15(23)16(21-20-12)18(25)22-8-6-13(7-9-22)11-19-17(24)14-4-2-3-5-14/h10,13-14H,2-9,11H2,1H3,(H,19,24)(H,20,23). The lowest BCUT2D eigenvalue weighted by Gasteiger charge is -2.31. The topological polar surface area (TPSA) is 95.2 Å². The van der Waals surface area contributed by atoms with Crippen molar-refractivity contribution in [2.45, 2.75) is 45.4 Å². The van der Waals surface area contributed by atoms with E-state index in [1.165, 1.54) is 6.07 Å². The first-order valence-corrected chi connectivity index (χ1v) is 9.18. The van der Waals surface area contributed by atoms with Crippen LogP contribution in [0.25, 0.3) is 0 Å². The predicted molar refractivity (Wildman–Crippen MR) is 93.2 cm³/mol. The number of aromatic amines is 1. The lowest BCUT2D eigenvalue weighted by Crippen LogP contribution is -2.43. The third kappa shape index (κ3) is 4.27. The molecule has 2 aliphatic rings. The molecule has 2 fully saturated rings. The van der Waals surface area contributed by atoms with Crippen molar-refractivity contribution in [3.63, 3.8) is 0 Å². The molecule has 136 valence electrons. The van der Waals surface area contributed by atoms with E-state index < -0.39 is 0 Å². The van der Waals surface area contributed by atoms with Gasteiger partial charge in [-0.2, -0.15) is 5.10 Å². The fourth-order valence-electron chi connectivity index (χ4n) is 3.72. The van der Waals surface area contributed by atoms with Crippen LogP contribution in [0.4, 0.5) is 0 Å². The van der Waals surface area contributed by atoms with Crippen LogP contribution in [0.1, 0.15) is 54.7 Å². The largest absolute Gasteiger partial charge is 0.356 e. The van der Waals surface area contributed by atoms with Gasteiger partial charge in [0.25, 0.3) is 5.91 Å². The Kier molecular flexibility index (Phi) is 5.50. The van der Waals surface area contributed by atoms with Crippen molar-refractivity contribution in [2.75, 3.05) is 19.6 Å². The molecule has 0 unspecified atom stereocenters. The van der Waals surface area contributed by atoms with Crippen molar-refractivity contribution in [3.05, 3.63) is 27.7 Å². The van der Waals surface area contributed by atoms with E-state index in [0.29, 0.717) is 31.2 Å². The molecule has 0 aromatic carbocycles. The molecule has 2 amide bonds. The number of hydrogen-bond acceptors (Lipinski definition) is 4. The number of rotatable bonds is 4. The normalized spacial score (nSPS) is 19.2. The maximum absolute atomic E-state index is 12.5. The predicted octanol–water partition coefficient (Wildman–Crippen LogP) is 1.24. The highest BCUT2D eigenvalue weighted by atomic mass is 16.2. The summed E-state index contributed by atoms with van der Waals surface area (Å²) in [6.07, 6.45) is 6.00. The fraction of sp³-hybridized carbons (Fsp3) is 0.667. The number of carbonyl (C=O) groups excluding carboxylic acids is 2. The molecular weight excluding hydrogens is 320 g/mol. The zero-order chi connectivity index (χ0) is 17.8. The van der Waals surface area contributed by atoms with Crippen LogP contribution in [0.3, 0.4) is 0 Å². The maximum atomic E-state index is 12.5. The van der Waals surface area contributed by atoms with E-state index in [4.69, 9.17) is 0 Å². The Balaban J connectivity index is 1.47. The summed E-state index contributed by atoms with van der Waals surface area (Å²) in [5, 5.41) is 9.65. The zero-order valence-electron chi connectivity index (χ0n) is 14.7. The number of likely N-dealkylation sites (tertiary alicyclic amines) is 1. The first-order valence-electron chi connectivity index (χ1n) is 9.18. The third-order valence-corrected chi connectivity index (χ3v) is 5.32. The summed E-state index contributed by atoms with van der Waals surface area (Å²) in [5.74, 6) is 0.459. The minimum atomic E-state index is -0.341. The highest BCUT2D eigenvalue weighted by Crippen LogP contribution is 2.25. The Hall–Kier alpha value is -2.18. The molecule has 3 rings (SSSR count). The number of H-pyrrole nitrogens is 1. The van der Waals surface area contributed by atoms with Gasteiger partial charge >= 0.3 is 0 Å². The minimum absolute atomic E-state index is 0.0430. The van der Waals surface area contributed by atoms with Gasteiger partial charge in [-0.25, -0.2) is 0 Å². The van der Waals surface area contributed by atoms with Gasteiger partial charge in [-0.05, 0) is 38.5 Å². The molecule has 1 aromatic heterocycles. The van der Waals surface area contributed by atoms with Crippen molar-refractivity contribution >= 4 is 11.8 Å². The quantitative estimate of drug-likeness (QED) is 0.857. The van der Waals surface area contributed by atoms with Gasteiger partial charge < -0.3 is 10.2 Å². The highest BCUT2D eigenvalue weighted by molar-refractivity contribution is 5.92. The number of carbonyl (C=O) groups is 2. The van der Waals surface area contributed by atoms with Crippen LogP contribution in [-0.2, 0) is 4.79 Å². The lowest BCUT2D eigenvalue weighted by atomic mass is 9.96. The average Bonchev–Trinajstić information content (AvgIpc) is 3.14. The summed E-state index contributed by atoms with van der Waals surface area (Å²) in [6.45, 7) is 3.60. The molecule has 7 nitrogen and oxygen atoms in total. The molecule has 1 saturated carbocycles. The summed E-state index contributed by atoms with van der Waals surface area (Å²) in [7, 11) is 0. The molecule has 1 saturated heterocycles. The van der Waals surface area contributed by atoms with Crippen molar-refractivity contribution in [3.8, 4) is 0 Å². The molecular formula is C18H26N4O3. The Labute approximate surface area is 147 Å². The second-order valence-electron chi connectivity index (χ2n) is 7.23. The van der Waals surface area contributed by atoms with Crippen molar-refractivity contribution in [1.82, 2.24) is 20.4 Å². The smallest absolute Gasteiger partial charge is 0.278 e. The molecule has 0 bridgehead atoms. The SMILES string of the molecule is Cc1cc(=O)c(C(=O)N2CCC(CNC(=O)C3CCCC3)CC2)n[nH]1. The van der Waals surface area contributed by atoms with Crippen molar-refractivity contribution < 1.29 is 9.59 Å². The molecule has 1 aliphatic heterocycles. The van der Waals surface area contributed by atoms with Crippen LogP contribution < -0.4 is 10.7 Å². The number of aromatic nitrogens is 2. The number of hydrogen-bond donors (Lipinski definition) is 2. The second kappa shape index (κ2) is 7.80. The van der Waals surface area contributed by atoms with Gasteiger partial charge in [0.15, 0.2) is 5.69 Å². The van der Waals surface area contributed by atoms with Crippen LogP contribution >= 0.6 is 0 Å². The highest BCUT2D eigenvalue weighted by Gasteiger charge is 2.27. The Morgan fingerprint density at radius 3 is 2.56 bits per heavy atom. The van der Waals surface area contributed by atoms with E-state index in [0.717, 1.165) is 38.5 Å². The van der Waals surface area contributed by atoms with E-state index in [9.17, 15) is 14.4 Å². The molecule has 25 heavy (non-hydrogen) atoms. The van der Waals surface area contributed by atoms with Crippen LogP contribution in [0, 0.1) is 18.8 Å². The van der Waals surface area contributed by atoms with Gasteiger partial charge in [-0.3, -0.25) is 19.5 Å². The number of amides is 2. The van der Waals surface area contributed by atoms with Gasteiger partial charge in [0, 0.05) is 37.3 Å². The van der Waals surface area contributed by atoms with Crippen molar-refractivity contribution in [2.24, 2.45) is 11.8 Å². The third-order valence-electron chi connectivity index (χ3n) is 5.32. The van der Waals surface area contributed by atoms with Gasteiger partial charge in [0.05, 0.1) is 0 Å². The van der Waals surface area contributed by atoms with Gasteiger partial charge in [0.1, 0.15) is 0 Å². The molecule has 0 atom stereocenters. The molecule has 7 heteroatoms. The number of aryl methyl sites for hydroxylation is 1. The first kappa shape index (κ1) is 17.6. The van der Waals surface area contributed by atoms with E-state index in [1.54, 1.807) is 11.8 Å². The number of nitrogens with one attached hydrogen (secondary N) is 2. The first-order chi connectivity index (χ1) is 12.0. The summed E-state index contributed by atoms with van der Waals surface area (Å²) in [6, 6.07) is 1.39. The Bertz CT molecular complexity index is 686. The summed E-state index contributed by atoms with van der Waals surface area (Å²) >= 11 is 0. The summed E-state index contributed by atoms with van der Waals surface area (Å²) in [4.78, 5) is 38.1. The Morgan fingerprint density at radius 2 is 1.92 bits per heavy atom. The van der Waals surface area contributed by atoms with Gasteiger partial charge in [-0.1, -0.05) is 12.8 Å². The lowest BCUT2D eigenvalue weighted by molar-refractivity contribution is -0.125. The van der Waals surface area contributed by atoms with E-state index in [1.807, 2.05) is 0 Å². The number of nitrogens with zero attached hydrogens (tertiary/aromatic N) is 2. The molecule has 2 heterocycles. The molecule has 0 radical (unpaired) electrons. The van der Waals surface area contributed by atoms with Crippen LogP contribution in [-0.4, -0.2) is 46.5 Å². The molecule has 0 spiro atoms. The average molecular weight is 346 g/mol. The monoisotopic (exact) mass is 346 g/mol. The van der Waals surface area contributed by atoms with Crippen molar-refractivity contribution in [1.29, 1.82) is 0 Å². The molecule has 1 aromatic rings. The minimum Gasteiger partial charge on any atom is -0.356 e. The van der Waals surface area contributed by atoms with E-state index in [2.05, 4.69) is 15.5 Å². The molecule has 1 aliphatic carbocycles. The zero-order valence-corrected chi connectivity index (χ0v) is 14.7. The van der Waals surface area contributed by atoms with Gasteiger partial charge in [0.2, 0.25) is 11.3 Å². The second-order valence-corrected chi connectivity index (χ2v) is 7.23. The maximum Gasteiger partial charge on any atom is 0.278 e. The van der Waals surface area contributed by atoms with Crippen LogP contribution in [0.2, 0.25) is 0 Å². The van der Waals surface area contributed by atoms with Crippen LogP contribution in [0.15, 0.2) is 10.9 Å². The van der Waals surface area contributed by atoms with E-state index >= 15 is 0 Å². The number of piperidine rings is 1. The van der Waals surface area contributed by atoms with E-state index in [-0.39, 0.29) is 28.9 Å². The summed E-state index contributed by atoms with van der Waals surface area (Å²) < 4.78 is 0. The van der Waals surface area contributed by atoms with Crippen LogP contribution in [0.5, 0.6) is 0 Å². The Morgan fingerprint density at radius 1 is 1.24 bits per heavy atom. The fourth-order valence-corrected chi connectivity index (χ4v) is 3.72.